The van der Waals surface area contributed by atoms with E-state index >= 15 is 0 Å². The van der Waals surface area contributed by atoms with Crippen molar-refractivity contribution in [2.45, 2.75) is 64.1 Å². The van der Waals surface area contributed by atoms with Gasteiger partial charge in [-0.3, -0.25) is 4.98 Å². The Balaban J connectivity index is 1.63. The summed E-state index contributed by atoms with van der Waals surface area (Å²) in [6.07, 6.45) is 8.46. The minimum atomic E-state index is 0.00853. The maximum Gasteiger partial charge on any atom is 0.174 e. The molecule has 3 aromatic rings. The summed E-state index contributed by atoms with van der Waals surface area (Å²) in [4.78, 5) is 6.97. The molecule has 1 aromatic carbocycles. The Kier molecular flexibility index (Phi) is 5.53. The van der Waals surface area contributed by atoms with E-state index in [1.807, 2.05) is 12.3 Å². The zero-order chi connectivity index (χ0) is 21.4. The first kappa shape index (κ1) is 20.3. The molecule has 1 aliphatic heterocycles. The summed E-state index contributed by atoms with van der Waals surface area (Å²) in [6.45, 7) is 4.55. The zero-order valence-electron chi connectivity index (χ0n) is 18.3. The van der Waals surface area contributed by atoms with Crippen LogP contribution in [0.3, 0.4) is 0 Å². The maximum absolute atomic E-state index is 5.86. The molecule has 31 heavy (non-hydrogen) atoms. The van der Waals surface area contributed by atoms with E-state index in [0.29, 0.717) is 6.04 Å². The third-order valence-electron chi connectivity index (χ3n) is 6.91. The van der Waals surface area contributed by atoms with Crippen LogP contribution in [0.25, 0.3) is 0 Å². The van der Waals surface area contributed by atoms with E-state index in [-0.39, 0.29) is 12.1 Å². The molecule has 5 rings (SSSR count). The number of aromatic nitrogens is 2. The average Bonchev–Trinajstić information content (AvgIpc) is 3.30. The van der Waals surface area contributed by atoms with Crippen molar-refractivity contribution in [1.29, 1.82) is 0 Å². The first-order valence-corrected chi connectivity index (χ1v) is 11.8. The van der Waals surface area contributed by atoms with Gasteiger partial charge in [0, 0.05) is 29.3 Å². The van der Waals surface area contributed by atoms with Crippen molar-refractivity contribution in [2.75, 3.05) is 4.90 Å². The van der Waals surface area contributed by atoms with Crippen LogP contribution in [-0.2, 0) is 0 Å². The van der Waals surface area contributed by atoms with Crippen LogP contribution in [0, 0.1) is 13.8 Å². The number of thiocarbonyl (C=S) groups is 1. The monoisotopic (exact) mass is 430 g/mol. The van der Waals surface area contributed by atoms with Crippen molar-refractivity contribution >= 4 is 23.0 Å². The average molecular weight is 431 g/mol. The molecule has 1 N–H and O–H groups in total. The van der Waals surface area contributed by atoms with E-state index in [2.05, 4.69) is 77.2 Å². The quantitative estimate of drug-likeness (QED) is 0.501. The number of anilines is 1. The molecular weight excluding hydrogens is 400 g/mol. The van der Waals surface area contributed by atoms with E-state index < -0.39 is 0 Å². The van der Waals surface area contributed by atoms with E-state index in [9.17, 15) is 0 Å². The molecule has 1 aliphatic carbocycles. The van der Waals surface area contributed by atoms with Crippen LogP contribution < -0.4 is 10.2 Å². The molecule has 0 radical (unpaired) electrons. The Morgan fingerprint density at radius 1 is 0.968 bits per heavy atom. The van der Waals surface area contributed by atoms with Crippen LogP contribution in [0.5, 0.6) is 0 Å². The molecule has 1 saturated heterocycles. The highest BCUT2D eigenvalue weighted by Gasteiger charge is 2.42. The van der Waals surface area contributed by atoms with Crippen molar-refractivity contribution in [1.82, 2.24) is 14.9 Å². The highest BCUT2D eigenvalue weighted by molar-refractivity contribution is 7.80. The van der Waals surface area contributed by atoms with Gasteiger partial charge in [-0.15, -0.1) is 0 Å². The van der Waals surface area contributed by atoms with Gasteiger partial charge in [-0.1, -0.05) is 43.5 Å². The lowest BCUT2D eigenvalue weighted by Gasteiger charge is -2.29. The topological polar surface area (TPSA) is 33.1 Å². The van der Waals surface area contributed by atoms with Crippen LogP contribution in [0.4, 0.5) is 5.69 Å². The lowest BCUT2D eigenvalue weighted by atomic mass is 9.94. The lowest BCUT2D eigenvalue weighted by Crippen LogP contribution is -2.29. The SMILES string of the molecule is Cc1cc([C@@H]2[C@@H](c3ccccn3)NC(=S)N2c2ccccc2)c(C)n1C1CCCCC1. The van der Waals surface area contributed by atoms with Crippen LogP contribution >= 0.6 is 12.2 Å². The summed E-state index contributed by atoms with van der Waals surface area (Å²) in [7, 11) is 0. The standard InChI is InChI=1S/C26H30N4S/c1-18-17-22(19(2)29(18)20-11-5-3-6-12-20)25-24(23-15-9-10-16-27-23)28-26(31)30(25)21-13-7-4-8-14-21/h4,7-10,13-17,20,24-25H,3,5-6,11-12H2,1-2H3,(H,28,31)/t24-,25-/m1/s1. The highest BCUT2D eigenvalue weighted by atomic mass is 32.1. The Morgan fingerprint density at radius 3 is 2.42 bits per heavy atom. The maximum atomic E-state index is 5.86. The number of rotatable bonds is 4. The zero-order valence-corrected chi connectivity index (χ0v) is 19.1. The number of aryl methyl sites for hydroxylation is 1. The van der Waals surface area contributed by atoms with Gasteiger partial charge in [0.05, 0.1) is 17.8 Å². The van der Waals surface area contributed by atoms with E-state index in [0.717, 1.165) is 16.5 Å². The van der Waals surface area contributed by atoms with E-state index in [1.165, 1.54) is 49.1 Å². The second-order valence-electron chi connectivity index (χ2n) is 8.82. The van der Waals surface area contributed by atoms with Gasteiger partial charge in [0.1, 0.15) is 0 Å². The van der Waals surface area contributed by atoms with Crippen molar-refractivity contribution in [3.8, 4) is 0 Å². The van der Waals surface area contributed by atoms with Crippen molar-refractivity contribution in [3.05, 3.63) is 83.4 Å². The summed E-state index contributed by atoms with van der Waals surface area (Å²) < 4.78 is 2.59. The fraction of sp³-hybridized carbons (Fsp3) is 0.385. The molecule has 2 aromatic heterocycles. The summed E-state index contributed by atoms with van der Waals surface area (Å²) in [6, 6.07) is 19.7. The van der Waals surface area contributed by atoms with Crippen molar-refractivity contribution in [3.63, 3.8) is 0 Å². The number of benzene rings is 1. The van der Waals surface area contributed by atoms with Crippen LogP contribution in [0.2, 0.25) is 0 Å². The van der Waals surface area contributed by atoms with Gasteiger partial charge < -0.3 is 14.8 Å². The smallest absolute Gasteiger partial charge is 0.174 e. The summed E-state index contributed by atoms with van der Waals surface area (Å²) >= 11 is 5.86. The lowest BCUT2D eigenvalue weighted by molar-refractivity contribution is 0.345. The highest BCUT2D eigenvalue weighted by Crippen LogP contribution is 2.44. The first-order chi connectivity index (χ1) is 15.1. The molecule has 0 spiro atoms. The van der Waals surface area contributed by atoms with Gasteiger partial charge in [-0.25, -0.2) is 0 Å². The normalized spacial score (nSPS) is 22.0. The fourth-order valence-corrected chi connectivity index (χ4v) is 5.89. The Labute approximate surface area is 190 Å². The van der Waals surface area contributed by atoms with Crippen molar-refractivity contribution < 1.29 is 0 Å². The van der Waals surface area contributed by atoms with Gasteiger partial charge >= 0.3 is 0 Å². The number of pyridine rings is 1. The number of para-hydroxylation sites is 1. The van der Waals surface area contributed by atoms with Gasteiger partial charge in [-0.2, -0.15) is 0 Å². The van der Waals surface area contributed by atoms with Crippen LogP contribution in [0.1, 0.15) is 72.9 Å². The van der Waals surface area contributed by atoms with Crippen LogP contribution in [0.15, 0.2) is 60.8 Å². The molecule has 2 aliphatic rings. The molecule has 1 saturated carbocycles. The molecule has 2 atom stereocenters. The predicted molar refractivity (Wildman–Crippen MR) is 130 cm³/mol. The Hall–Kier alpha value is -2.66. The van der Waals surface area contributed by atoms with E-state index in [4.69, 9.17) is 17.2 Å². The van der Waals surface area contributed by atoms with Gasteiger partial charge in [0.25, 0.3) is 0 Å². The minimum absolute atomic E-state index is 0.00853. The third kappa shape index (κ3) is 3.65. The molecule has 4 nitrogen and oxygen atoms in total. The summed E-state index contributed by atoms with van der Waals surface area (Å²) in [5.74, 6) is 0. The Morgan fingerprint density at radius 2 is 1.71 bits per heavy atom. The molecule has 0 amide bonds. The number of nitrogens with zero attached hydrogens (tertiary/aromatic N) is 3. The number of nitrogens with one attached hydrogen (secondary N) is 1. The van der Waals surface area contributed by atoms with Crippen molar-refractivity contribution in [2.24, 2.45) is 0 Å². The Bertz CT molecular complexity index is 1050. The number of hydrogen-bond donors (Lipinski definition) is 1. The second-order valence-corrected chi connectivity index (χ2v) is 9.21. The molecular formula is C26H30N4S. The molecule has 0 bridgehead atoms. The first-order valence-electron chi connectivity index (χ1n) is 11.4. The predicted octanol–water partition coefficient (Wildman–Crippen LogP) is 6.18. The largest absolute Gasteiger partial charge is 0.351 e. The van der Waals surface area contributed by atoms with E-state index in [1.54, 1.807) is 0 Å². The van der Waals surface area contributed by atoms with Gasteiger partial charge in [-0.05, 0) is 74.8 Å². The van der Waals surface area contributed by atoms with Crippen LogP contribution in [-0.4, -0.2) is 14.7 Å². The summed E-state index contributed by atoms with van der Waals surface area (Å²) in [5.41, 5.74) is 6.20. The molecule has 160 valence electrons. The van der Waals surface area contributed by atoms with Gasteiger partial charge in [0.15, 0.2) is 5.11 Å². The number of hydrogen-bond acceptors (Lipinski definition) is 2. The second kappa shape index (κ2) is 8.46. The minimum Gasteiger partial charge on any atom is -0.351 e. The molecule has 0 unspecified atom stereocenters. The summed E-state index contributed by atoms with van der Waals surface area (Å²) in [5, 5.41) is 4.35. The fourth-order valence-electron chi connectivity index (χ4n) is 5.54. The van der Waals surface area contributed by atoms with Gasteiger partial charge in [0.2, 0.25) is 0 Å². The molecule has 5 heteroatoms. The molecule has 3 heterocycles. The molecule has 2 fully saturated rings. The third-order valence-corrected chi connectivity index (χ3v) is 7.23.